The highest BCUT2D eigenvalue weighted by Crippen LogP contribution is 2.44. The molecule has 29 heavy (non-hydrogen) atoms. The molecule has 1 fully saturated rings. The minimum atomic E-state index is -0.674. The molecule has 6 rings (SSSR count). The van der Waals surface area contributed by atoms with Gasteiger partial charge in [-0.2, -0.15) is 0 Å². The van der Waals surface area contributed by atoms with Gasteiger partial charge in [0.15, 0.2) is 0 Å². The second kappa shape index (κ2) is 5.67. The number of benzene rings is 2. The summed E-state index contributed by atoms with van der Waals surface area (Å²) in [6, 6.07) is 13.7. The summed E-state index contributed by atoms with van der Waals surface area (Å²) in [6.07, 6.45) is 4.72. The summed E-state index contributed by atoms with van der Waals surface area (Å²) in [5.41, 5.74) is 4.42. The molecule has 0 saturated carbocycles. The molecule has 2 amide bonds. The molecule has 6 heteroatoms. The molecule has 0 spiro atoms. The third kappa shape index (κ3) is 2.14. The third-order valence-electron chi connectivity index (χ3n) is 6.25. The molecule has 0 unspecified atom stereocenters. The fourth-order valence-electron chi connectivity index (χ4n) is 4.96. The number of hydrogen-bond acceptors (Lipinski definition) is 3. The Labute approximate surface area is 165 Å². The zero-order chi connectivity index (χ0) is 19.7. The Hall–Kier alpha value is -3.67. The molecule has 0 radical (unpaired) electrons. The van der Waals surface area contributed by atoms with Gasteiger partial charge in [0.25, 0.3) is 0 Å². The molecule has 0 bridgehead atoms. The van der Waals surface area contributed by atoms with E-state index in [9.17, 15) is 14.4 Å². The van der Waals surface area contributed by atoms with Crippen LogP contribution in [0.4, 0.5) is 0 Å². The van der Waals surface area contributed by atoms with Crippen LogP contribution in [-0.4, -0.2) is 27.3 Å². The lowest BCUT2D eigenvalue weighted by atomic mass is 9.83. The summed E-state index contributed by atoms with van der Waals surface area (Å²) in [4.78, 5) is 41.5. The molecule has 2 aromatic heterocycles. The highest BCUT2D eigenvalue weighted by Gasteiger charge is 2.46. The van der Waals surface area contributed by atoms with E-state index >= 15 is 0 Å². The molecule has 1 saturated heterocycles. The number of para-hydroxylation sites is 2. The van der Waals surface area contributed by atoms with Crippen molar-refractivity contribution in [2.45, 2.75) is 24.7 Å². The number of rotatable bonds is 2. The van der Waals surface area contributed by atoms with Gasteiger partial charge >= 0.3 is 0 Å². The van der Waals surface area contributed by atoms with E-state index in [0.717, 1.165) is 38.5 Å². The number of hydrogen-bond donors (Lipinski definition) is 2. The molecule has 142 valence electrons. The molecule has 2 aliphatic rings. The first kappa shape index (κ1) is 16.3. The summed E-state index contributed by atoms with van der Waals surface area (Å²) in [5.74, 6) is -1.92. The number of carbonyl (C=O) groups is 3. The zero-order valence-corrected chi connectivity index (χ0v) is 15.4. The van der Waals surface area contributed by atoms with Crippen LogP contribution in [0.25, 0.3) is 21.8 Å². The fourth-order valence-corrected chi connectivity index (χ4v) is 4.96. The van der Waals surface area contributed by atoms with E-state index in [1.165, 1.54) is 0 Å². The number of aryl methyl sites for hydroxylation is 1. The van der Waals surface area contributed by atoms with Gasteiger partial charge in [0, 0.05) is 35.1 Å². The maximum atomic E-state index is 12.9. The maximum Gasteiger partial charge on any atom is 0.235 e. The van der Waals surface area contributed by atoms with Gasteiger partial charge in [-0.3, -0.25) is 24.3 Å². The van der Waals surface area contributed by atoms with Crippen molar-refractivity contribution in [2.75, 3.05) is 0 Å². The monoisotopic (exact) mass is 383 g/mol. The molecule has 4 heterocycles. The van der Waals surface area contributed by atoms with Crippen LogP contribution in [0.5, 0.6) is 0 Å². The first-order valence-electron chi connectivity index (χ1n) is 9.70. The van der Waals surface area contributed by atoms with Crippen LogP contribution < -0.4 is 5.32 Å². The molecule has 2 aliphatic heterocycles. The number of aromatic nitrogens is 2. The number of nitrogens with one attached hydrogen (secondary N) is 2. The smallest absolute Gasteiger partial charge is 0.235 e. The van der Waals surface area contributed by atoms with Crippen molar-refractivity contribution in [1.29, 1.82) is 0 Å². The van der Waals surface area contributed by atoms with E-state index in [2.05, 4.69) is 10.3 Å². The number of imide groups is 1. The van der Waals surface area contributed by atoms with Crippen LogP contribution in [0, 0.1) is 0 Å². The number of carbonyl (C=O) groups excluding carboxylic acids is 3. The minimum absolute atomic E-state index is 0.0216. The van der Waals surface area contributed by atoms with E-state index < -0.39 is 11.8 Å². The van der Waals surface area contributed by atoms with Crippen molar-refractivity contribution in [3.8, 4) is 0 Å². The molecular weight excluding hydrogens is 366 g/mol. The number of fused-ring (bicyclic) bond motifs is 1. The lowest BCUT2D eigenvalue weighted by molar-refractivity contribution is -0.125. The van der Waals surface area contributed by atoms with Gasteiger partial charge in [-0.15, -0.1) is 0 Å². The minimum Gasteiger partial charge on any atom is -0.361 e. The maximum absolute atomic E-state index is 12.9. The highest BCUT2D eigenvalue weighted by atomic mass is 16.2. The molecule has 2 atom stereocenters. The van der Waals surface area contributed by atoms with Crippen LogP contribution in [-0.2, 0) is 16.0 Å². The Kier molecular flexibility index (Phi) is 3.19. The predicted molar refractivity (Wildman–Crippen MR) is 108 cm³/mol. The van der Waals surface area contributed by atoms with Crippen LogP contribution >= 0.6 is 0 Å². The average molecular weight is 383 g/mol. The largest absolute Gasteiger partial charge is 0.361 e. The van der Waals surface area contributed by atoms with E-state index in [-0.39, 0.29) is 17.7 Å². The second-order valence-corrected chi connectivity index (χ2v) is 7.76. The van der Waals surface area contributed by atoms with E-state index in [4.69, 9.17) is 0 Å². The lowest BCUT2D eigenvalue weighted by Crippen LogP contribution is -2.21. The van der Waals surface area contributed by atoms with Gasteiger partial charge < -0.3 is 4.98 Å². The molecule has 2 aromatic carbocycles. The van der Waals surface area contributed by atoms with Gasteiger partial charge in [0.05, 0.1) is 17.4 Å². The number of H-pyrrole nitrogens is 1. The fraction of sp³-hybridized carbons (Fsp3) is 0.174. The van der Waals surface area contributed by atoms with Gasteiger partial charge in [0.2, 0.25) is 17.7 Å². The van der Waals surface area contributed by atoms with Crippen molar-refractivity contribution in [1.82, 2.24) is 14.9 Å². The van der Waals surface area contributed by atoms with Gasteiger partial charge in [-0.05, 0) is 29.2 Å². The SMILES string of the molecule is O=C1NC(=O)[C@H](c2cn3c4c(cccc24)CCC3=O)[C@H]1c1c[nH]c2ccccc12. The molecular formula is C23H17N3O3. The molecule has 4 aromatic rings. The summed E-state index contributed by atoms with van der Waals surface area (Å²) >= 11 is 0. The van der Waals surface area contributed by atoms with Crippen molar-refractivity contribution in [3.05, 3.63) is 71.5 Å². The average Bonchev–Trinajstić information content (AvgIpc) is 3.39. The first-order chi connectivity index (χ1) is 14.1. The third-order valence-corrected chi connectivity index (χ3v) is 6.25. The number of nitrogens with zero attached hydrogens (tertiary/aromatic N) is 1. The quantitative estimate of drug-likeness (QED) is 0.521. The molecule has 6 nitrogen and oxygen atoms in total. The summed E-state index contributed by atoms with van der Waals surface area (Å²) in [6.45, 7) is 0. The Morgan fingerprint density at radius 1 is 0.828 bits per heavy atom. The number of aromatic amines is 1. The van der Waals surface area contributed by atoms with Crippen LogP contribution in [0.1, 0.15) is 39.7 Å². The van der Waals surface area contributed by atoms with Gasteiger partial charge in [-0.25, -0.2) is 0 Å². The van der Waals surface area contributed by atoms with Gasteiger partial charge in [0.1, 0.15) is 0 Å². The zero-order valence-electron chi connectivity index (χ0n) is 15.4. The topological polar surface area (TPSA) is 84.0 Å². The summed E-state index contributed by atoms with van der Waals surface area (Å²) in [7, 11) is 0. The Morgan fingerprint density at radius 3 is 2.45 bits per heavy atom. The van der Waals surface area contributed by atoms with Crippen molar-refractivity contribution in [3.63, 3.8) is 0 Å². The lowest BCUT2D eigenvalue weighted by Gasteiger charge is -2.15. The van der Waals surface area contributed by atoms with E-state index in [1.54, 1.807) is 10.8 Å². The molecule has 0 aliphatic carbocycles. The van der Waals surface area contributed by atoms with Crippen LogP contribution in [0.3, 0.4) is 0 Å². The van der Waals surface area contributed by atoms with Crippen molar-refractivity contribution < 1.29 is 14.4 Å². The Balaban J connectivity index is 1.60. The molecule has 2 N–H and O–H groups in total. The number of amides is 2. The van der Waals surface area contributed by atoms with Crippen molar-refractivity contribution >= 4 is 39.5 Å². The van der Waals surface area contributed by atoms with Crippen LogP contribution in [0.15, 0.2) is 54.9 Å². The normalized spacial score (nSPS) is 21.3. The second-order valence-electron chi connectivity index (χ2n) is 7.76. The Morgan fingerprint density at radius 2 is 1.59 bits per heavy atom. The summed E-state index contributed by atoms with van der Waals surface area (Å²) < 4.78 is 1.66. The highest BCUT2D eigenvalue weighted by molar-refractivity contribution is 6.13. The van der Waals surface area contributed by atoms with E-state index in [0.29, 0.717) is 12.8 Å². The first-order valence-corrected chi connectivity index (χ1v) is 9.70. The van der Waals surface area contributed by atoms with Gasteiger partial charge in [-0.1, -0.05) is 36.4 Å². The standard InChI is InChI=1S/C23H17N3O3/c27-18-9-8-12-4-3-6-14-16(11-26(18)21(12)14)20-19(22(28)25-23(20)29)15-10-24-17-7-2-1-5-13(15)17/h1-7,10-11,19-20,24H,8-9H2,(H,25,28,29)/t19-,20-/m1/s1. The van der Waals surface area contributed by atoms with Crippen LogP contribution in [0.2, 0.25) is 0 Å². The van der Waals surface area contributed by atoms with Crippen molar-refractivity contribution in [2.24, 2.45) is 0 Å². The van der Waals surface area contributed by atoms with E-state index in [1.807, 2.05) is 48.7 Å². The predicted octanol–water partition coefficient (Wildman–Crippen LogP) is 3.23. The Bertz CT molecular complexity index is 1360. The summed E-state index contributed by atoms with van der Waals surface area (Å²) in [5, 5.41) is 4.31.